The summed E-state index contributed by atoms with van der Waals surface area (Å²) < 4.78 is 4.68. The molecule has 3 aromatic rings. The summed E-state index contributed by atoms with van der Waals surface area (Å²) in [4.78, 5) is 63.5. The normalized spacial score (nSPS) is 10.8. The van der Waals surface area contributed by atoms with Crippen LogP contribution >= 0.6 is 11.6 Å². The van der Waals surface area contributed by atoms with Gasteiger partial charge in [-0.1, -0.05) is 0 Å². The Morgan fingerprint density at radius 3 is 1.64 bits per heavy atom. The maximum Gasteiger partial charge on any atom is 0.344 e. The molecule has 0 aliphatic carbocycles. The third-order valence-electron chi connectivity index (χ3n) is 6.18. The minimum atomic E-state index is -0.784. The molecule has 0 fully saturated rings. The van der Waals surface area contributed by atoms with Crippen LogP contribution in [-0.4, -0.2) is 87.0 Å². The number of nitrogens with one attached hydrogen (secondary N) is 4. The highest BCUT2D eigenvalue weighted by Gasteiger charge is 2.20. The highest BCUT2D eigenvalue weighted by molar-refractivity contribution is 6.18. The van der Waals surface area contributed by atoms with Crippen molar-refractivity contribution < 1.29 is 19.2 Å². The third kappa shape index (κ3) is 8.20. The quantitative estimate of drug-likeness (QED) is 0.102. The SMILES string of the molecule is CN(C)CCCNC(=O)c1cc(NC(=O)c2cc(NC(=O)c3cc(NC(=O)N(CCCl)N=O)cn3C)cn2C)cn1C. The van der Waals surface area contributed by atoms with Gasteiger partial charge in [0.25, 0.3) is 17.7 Å². The summed E-state index contributed by atoms with van der Waals surface area (Å²) >= 11 is 5.57. The van der Waals surface area contributed by atoms with E-state index in [4.69, 9.17) is 11.6 Å². The first-order valence-corrected chi connectivity index (χ1v) is 13.5. The average Bonchev–Trinajstić information content (AvgIpc) is 3.60. The molecule has 0 saturated carbocycles. The molecule has 4 N–H and O–H groups in total. The molecule has 0 atom stereocenters. The fraction of sp³-hybridized carbons (Fsp3) is 0.385. The van der Waals surface area contributed by atoms with Crippen molar-refractivity contribution in [2.75, 3.05) is 55.6 Å². The molecule has 226 valence electrons. The number of nitrogens with zero attached hydrogens (tertiary/aromatic N) is 6. The number of amides is 5. The molecule has 5 amide bonds. The van der Waals surface area contributed by atoms with E-state index in [2.05, 4.69) is 26.6 Å². The van der Waals surface area contributed by atoms with E-state index in [-0.39, 0.29) is 35.4 Å². The number of rotatable bonds is 13. The van der Waals surface area contributed by atoms with Gasteiger partial charge in [-0.25, -0.2) is 4.79 Å². The van der Waals surface area contributed by atoms with Gasteiger partial charge in [0.05, 0.1) is 28.9 Å². The molecule has 0 aromatic carbocycles. The van der Waals surface area contributed by atoms with E-state index in [9.17, 15) is 24.1 Å². The predicted octanol–water partition coefficient (Wildman–Crippen LogP) is 2.64. The van der Waals surface area contributed by atoms with Crippen molar-refractivity contribution in [3.63, 3.8) is 0 Å². The van der Waals surface area contributed by atoms with Crippen LogP contribution in [0.25, 0.3) is 0 Å². The summed E-state index contributed by atoms with van der Waals surface area (Å²) in [5, 5.41) is 14.1. The lowest BCUT2D eigenvalue weighted by molar-refractivity contribution is 0.0942. The molecular formula is C26H35ClN10O5. The molecule has 0 aliphatic heterocycles. The molecule has 0 unspecified atom stereocenters. The second-order valence-corrected chi connectivity index (χ2v) is 10.2. The molecule has 0 aliphatic rings. The Bertz CT molecular complexity index is 1460. The van der Waals surface area contributed by atoms with Gasteiger partial charge < -0.3 is 39.9 Å². The molecule has 16 heteroatoms. The number of hydrogen-bond donors (Lipinski definition) is 4. The van der Waals surface area contributed by atoms with Gasteiger partial charge in [0.15, 0.2) is 0 Å². The lowest BCUT2D eigenvalue weighted by atomic mass is 10.3. The second kappa shape index (κ2) is 14.3. The summed E-state index contributed by atoms with van der Waals surface area (Å²) in [6, 6.07) is 3.75. The number of anilines is 3. The van der Waals surface area contributed by atoms with Crippen molar-refractivity contribution in [1.29, 1.82) is 0 Å². The van der Waals surface area contributed by atoms with Crippen LogP contribution in [0.5, 0.6) is 0 Å². The van der Waals surface area contributed by atoms with Crippen LogP contribution in [-0.2, 0) is 21.1 Å². The van der Waals surface area contributed by atoms with Gasteiger partial charge >= 0.3 is 6.03 Å². The molecule has 3 heterocycles. The average molecular weight is 603 g/mol. The molecule has 0 bridgehead atoms. The number of hydrogen-bond acceptors (Lipinski definition) is 7. The van der Waals surface area contributed by atoms with Crippen molar-refractivity contribution in [3.8, 4) is 0 Å². The first-order chi connectivity index (χ1) is 19.9. The number of carbonyl (C=O) groups excluding carboxylic acids is 4. The van der Waals surface area contributed by atoms with Gasteiger partial charge in [0.1, 0.15) is 17.1 Å². The number of alkyl halides is 1. The Hall–Kier alpha value is -4.63. The Balaban J connectivity index is 1.62. The smallest absolute Gasteiger partial charge is 0.344 e. The number of aryl methyl sites for hydroxylation is 3. The Morgan fingerprint density at radius 1 is 0.762 bits per heavy atom. The van der Waals surface area contributed by atoms with Gasteiger partial charge in [-0.05, 0) is 45.3 Å². The van der Waals surface area contributed by atoms with Crippen molar-refractivity contribution in [3.05, 3.63) is 58.8 Å². The van der Waals surface area contributed by atoms with Crippen LogP contribution in [0.3, 0.4) is 0 Å². The number of carbonyl (C=O) groups is 4. The van der Waals surface area contributed by atoms with E-state index in [1.54, 1.807) is 48.7 Å². The first kappa shape index (κ1) is 31.9. The van der Waals surface area contributed by atoms with Gasteiger partial charge in [0, 0.05) is 52.2 Å². The monoisotopic (exact) mass is 602 g/mol. The van der Waals surface area contributed by atoms with E-state index in [1.165, 1.54) is 22.9 Å². The number of aromatic nitrogens is 3. The van der Waals surface area contributed by atoms with Crippen LogP contribution in [0.4, 0.5) is 21.9 Å². The van der Waals surface area contributed by atoms with Crippen LogP contribution in [0.2, 0.25) is 0 Å². The zero-order valence-electron chi connectivity index (χ0n) is 24.1. The van der Waals surface area contributed by atoms with E-state index in [1.807, 2.05) is 19.0 Å². The zero-order chi connectivity index (χ0) is 31.0. The van der Waals surface area contributed by atoms with Crippen LogP contribution in [0, 0.1) is 4.91 Å². The molecule has 0 spiro atoms. The van der Waals surface area contributed by atoms with Gasteiger partial charge in [-0.2, -0.15) is 5.01 Å². The Morgan fingerprint density at radius 2 is 1.21 bits per heavy atom. The summed E-state index contributed by atoms with van der Waals surface area (Å²) in [7, 11) is 8.92. The number of nitroso groups, excluding NO2 is 1. The van der Waals surface area contributed by atoms with E-state index in [0.29, 0.717) is 28.6 Å². The Labute approximate surface area is 247 Å². The van der Waals surface area contributed by atoms with Gasteiger partial charge in [-0.3, -0.25) is 14.4 Å². The fourth-order valence-electron chi connectivity index (χ4n) is 4.10. The Kier molecular flexibility index (Phi) is 10.9. The van der Waals surface area contributed by atoms with E-state index in [0.717, 1.165) is 13.0 Å². The highest BCUT2D eigenvalue weighted by atomic mass is 35.5. The lowest BCUT2D eigenvalue weighted by Gasteiger charge is -2.11. The standard InChI is InChI=1S/C26H35ClN10O5/c1-33(2)9-6-8-28-23(38)20-11-17(14-34(20)3)29-24(39)21-12-18(15-35(21)4)30-25(40)22-13-19(16-36(22)5)31-26(41)37(32-42)10-7-27/h11-16H,6-10H2,1-5H3,(H,28,38)(H,29,39)(H,30,40)(H,31,41). The third-order valence-corrected chi connectivity index (χ3v) is 6.35. The summed E-state index contributed by atoms with van der Waals surface area (Å²) in [5.74, 6) is -1.14. The van der Waals surface area contributed by atoms with Crippen molar-refractivity contribution in [2.45, 2.75) is 6.42 Å². The van der Waals surface area contributed by atoms with Crippen LogP contribution in [0.1, 0.15) is 37.9 Å². The summed E-state index contributed by atoms with van der Waals surface area (Å²) in [5.41, 5.74) is 1.96. The molecule has 42 heavy (non-hydrogen) atoms. The first-order valence-electron chi connectivity index (χ1n) is 13.0. The molecule has 0 radical (unpaired) electrons. The van der Waals surface area contributed by atoms with Crippen molar-refractivity contribution >= 4 is 52.4 Å². The minimum absolute atomic E-state index is 0.0275. The maximum atomic E-state index is 13.0. The zero-order valence-corrected chi connectivity index (χ0v) is 24.9. The fourth-order valence-corrected chi connectivity index (χ4v) is 4.26. The predicted molar refractivity (Wildman–Crippen MR) is 160 cm³/mol. The summed E-state index contributed by atoms with van der Waals surface area (Å²) in [6.07, 6.45) is 5.53. The van der Waals surface area contributed by atoms with Crippen LogP contribution in [0.15, 0.2) is 42.1 Å². The number of halogens is 1. The molecule has 15 nitrogen and oxygen atoms in total. The largest absolute Gasteiger partial charge is 0.351 e. The molecule has 0 saturated heterocycles. The maximum absolute atomic E-state index is 13.0. The lowest BCUT2D eigenvalue weighted by Crippen LogP contribution is -2.31. The van der Waals surface area contributed by atoms with Crippen molar-refractivity contribution in [1.82, 2.24) is 28.9 Å². The second-order valence-electron chi connectivity index (χ2n) is 9.82. The van der Waals surface area contributed by atoms with Crippen molar-refractivity contribution in [2.24, 2.45) is 26.4 Å². The van der Waals surface area contributed by atoms with E-state index < -0.39 is 17.8 Å². The molecule has 3 aromatic heterocycles. The summed E-state index contributed by atoms with van der Waals surface area (Å²) in [6.45, 7) is 1.32. The topological polar surface area (TPSA) is 167 Å². The highest BCUT2D eigenvalue weighted by Crippen LogP contribution is 2.20. The number of urea groups is 1. The van der Waals surface area contributed by atoms with Gasteiger partial charge in [-0.15, -0.1) is 16.5 Å². The van der Waals surface area contributed by atoms with Crippen LogP contribution < -0.4 is 21.3 Å². The van der Waals surface area contributed by atoms with E-state index >= 15 is 0 Å². The minimum Gasteiger partial charge on any atom is -0.351 e. The molecule has 3 rings (SSSR count). The molecular weight excluding hydrogens is 568 g/mol. The van der Waals surface area contributed by atoms with Gasteiger partial charge in [0.2, 0.25) is 0 Å².